The Morgan fingerprint density at radius 2 is 2.22 bits per heavy atom. The predicted octanol–water partition coefficient (Wildman–Crippen LogP) is 2.84. The Morgan fingerprint density at radius 1 is 1.41 bits per heavy atom. The molecule has 0 spiro atoms. The third-order valence-corrected chi connectivity index (χ3v) is 5.40. The van der Waals surface area contributed by atoms with Gasteiger partial charge >= 0.3 is 6.03 Å². The van der Waals surface area contributed by atoms with Crippen molar-refractivity contribution in [3.63, 3.8) is 0 Å². The number of hydrogen-bond donors (Lipinski definition) is 2. The Morgan fingerprint density at radius 3 is 2.93 bits per heavy atom. The lowest BCUT2D eigenvalue weighted by molar-refractivity contribution is 0.0856. The zero-order chi connectivity index (χ0) is 18.8. The van der Waals surface area contributed by atoms with Crippen molar-refractivity contribution in [2.24, 2.45) is 5.92 Å². The number of nitriles is 1. The highest BCUT2D eigenvalue weighted by Gasteiger charge is 2.27. The maximum atomic E-state index is 12.5. The third kappa shape index (κ3) is 3.43. The summed E-state index contributed by atoms with van der Waals surface area (Å²) in [5.41, 5.74) is 2.76. The van der Waals surface area contributed by atoms with E-state index < -0.39 is 0 Å². The van der Waals surface area contributed by atoms with E-state index in [9.17, 15) is 4.79 Å². The molecular formula is C19H23N5O3. The molecule has 2 fully saturated rings. The third-order valence-electron chi connectivity index (χ3n) is 5.40. The maximum absolute atomic E-state index is 12.5. The molecule has 8 heteroatoms. The van der Waals surface area contributed by atoms with Gasteiger partial charge in [0, 0.05) is 26.3 Å². The zero-order valence-corrected chi connectivity index (χ0v) is 15.3. The number of benzene rings is 1. The first-order valence-electron chi connectivity index (χ1n) is 9.29. The molecule has 1 atom stereocenters. The number of likely N-dealkylation sites (tertiary alicyclic amines) is 1. The molecule has 0 aliphatic carbocycles. The molecule has 27 heavy (non-hydrogen) atoms. The average molecular weight is 369 g/mol. The quantitative estimate of drug-likeness (QED) is 0.866. The topological polar surface area (TPSA) is 103 Å². The first-order valence-corrected chi connectivity index (χ1v) is 9.29. The number of carbonyl (C=O) groups excluding carboxylic acids is 1. The number of aromatic amines is 1. The second-order valence-electron chi connectivity index (χ2n) is 7.04. The molecule has 8 nitrogen and oxygen atoms in total. The van der Waals surface area contributed by atoms with Crippen molar-refractivity contribution in [1.29, 1.82) is 5.26 Å². The van der Waals surface area contributed by atoms with Gasteiger partial charge in [-0.1, -0.05) is 6.07 Å². The van der Waals surface area contributed by atoms with Crippen LogP contribution in [0.3, 0.4) is 0 Å². The highest BCUT2D eigenvalue weighted by Crippen LogP contribution is 2.36. The van der Waals surface area contributed by atoms with Crippen molar-refractivity contribution in [2.75, 3.05) is 38.7 Å². The van der Waals surface area contributed by atoms with E-state index in [-0.39, 0.29) is 11.9 Å². The Hall–Kier alpha value is -2.79. The van der Waals surface area contributed by atoms with Crippen LogP contribution in [-0.2, 0) is 4.74 Å². The molecule has 2 aliphatic heterocycles. The van der Waals surface area contributed by atoms with E-state index in [1.807, 2.05) is 6.07 Å². The maximum Gasteiger partial charge on any atom is 0.324 e. The molecule has 0 radical (unpaired) electrons. The van der Waals surface area contributed by atoms with Crippen LogP contribution in [0.25, 0.3) is 11.0 Å². The standard InChI is InChI=1S/C19H23N5O3/c1-26-15-3-2-14(13-5-8-27-9-6-13)16-17(15)22-18(21-16)23-19(25)24-7-4-12(10-20)11-24/h2-3,12-13H,4-9,11H2,1H3,(H2,21,22,23,25)/t12-/m1/s1. The minimum atomic E-state index is -0.238. The molecule has 2 N–H and O–H groups in total. The number of carbonyl (C=O) groups is 1. The van der Waals surface area contributed by atoms with Crippen molar-refractivity contribution in [3.05, 3.63) is 17.7 Å². The van der Waals surface area contributed by atoms with Gasteiger partial charge in [-0.3, -0.25) is 5.32 Å². The Labute approximate surface area is 157 Å². The number of amides is 2. The average Bonchev–Trinajstić information content (AvgIpc) is 3.34. The number of rotatable bonds is 3. The molecule has 142 valence electrons. The Balaban J connectivity index is 1.60. The number of nitrogens with zero attached hydrogens (tertiary/aromatic N) is 3. The van der Waals surface area contributed by atoms with Crippen molar-refractivity contribution >= 4 is 23.0 Å². The lowest BCUT2D eigenvalue weighted by Crippen LogP contribution is -2.33. The number of nitrogens with one attached hydrogen (secondary N) is 2. The SMILES string of the molecule is COc1ccc(C2CCOCC2)c2nc(NC(=O)N3CC[C@H](C#N)C3)[nH]c12. The second kappa shape index (κ2) is 7.45. The van der Waals surface area contributed by atoms with E-state index in [1.165, 1.54) is 0 Å². The summed E-state index contributed by atoms with van der Waals surface area (Å²) in [7, 11) is 1.62. The normalized spacial score (nSPS) is 20.6. The van der Waals surface area contributed by atoms with Gasteiger partial charge in [0.25, 0.3) is 0 Å². The molecule has 3 heterocycles. The number of urea groups is 1. The van der Waals surface area contributed by atoms with Crippen LogP contribution in [0.5, 0.6) is 5.75 Å². The van der Waals surface area contributed by atoms with Crippen LogP contribution >= 0.6 is 0 Å². The molecule has 2 aliphatic rings. The van der Waals surface area contributed by atoms with Crippen molar-refractivity contribution in [1.82, 2.24) is 14.9 Å². The molecule has 0 saturated carbocycles. The highest BCUT2D eigenvalue weighted by molar-refractivity contribution is 5.92. The summed E-state index contributed by atoms with van der Waals surface area (Å²) in [5, 5.41) is 11.8. The van der Waals surface area contributed by atoms with Crippen LogP contribution in [0, 0.1) is 17.2 Å². The lowest BCUT2D eigenvalue weighted by atomic mass is 9.90. The van der Waals surface area contributed by atoms with Gasteiger partial charge in [-0.25, -0.2) is 9.78 Å². The molecule has 4 rings (SSSR count). The molecule has 2 amide bonds. The van der Waals surface area contributed by atoms with E-state index in [0.717, 1.165) is 42.7 Å². The number of hydrogen-bond acceptors (Lipinski definition) is 5. The fourth-order valence-corrected chi connectivity index (χ4v) is 3.89. The molecule has 1 aromatic carbocycles. The number of H-pyrrole nitrogens is 1. The highest BCUT2D eigenvalue weighted by atomic mass is 16.5. The van der Waals surface area contributed by atoms with Gasteiger partial charge in [-0.2, -0.15) is 5.26 Å². The van der Waals surface area contributed by atoms with Crippen LogP contribution in [0.2, 0.25) is 0 Å². The molecule has 0 bridgehead atoms. The predicted molar refractivity (Wildman–Crippen MR) is 99.8 cm³/mol. The summed E-state index contributed by atoms with van der Waals surface area (Å²) in [6.07, 6.45) is 2.63. The fraction of sp³-hybridized carbons (Fsp3) is 0.526. The summed E-state index contributed by atoms with van der Waals surface area (Å²) < 4.78 is 10.9. The summed E-state index contributed by atoms with van der Waals surface area (Å²) >= 11 is 0. The fourth-order valence-electron chi connectivity index (χ4n) is 3.89. The van der Waals surface area contributed by atoms with Crippen LogP contribution < -0.4 is 10.1 Å². The monoisotopic (exact) mass is 369 g/mol. The zero-order valence-electron chi connectivity index (χ0n) is 15.3. The van der Waals surface area contributed by atoms with Crippen molar-refractivity contribution in [2.45, 2.75) is 25.2 Å². The summed E-state index contributed by atoms with van der Waals surface area (Å²) in [4.78, 5) is 22.0. The number of imidazole rings is 1. The minimum Gasteiger partial charge on any atom is -0.494 e. The number of anilines is 1. The Bertz CT molecular complexity index is 881. The molecule has 2 saturated heterocycles. The van der Waals surface area contributed by atoms with Gasteiger partial charge in [-0.05, 0) is 36.8 Å². The second-order valence-corrected chi connectivity index (χ2v) is 7.04. The number of methoxy groups -OCH3 is 1. The van der Waals surface area contributed by atoms with Crippen LogP contribution in [0.15, 0.2) is 12.1 Å². The first kappa shape index (κ1) is 17.6. The van der Waals surface area contributed by atoms with E-state index in [1.54, 1.807) is 12.0 Å². The van der Waals surface area contributed by atoms with Gasteiger partial charge in [0.05, 0.1) is 24.6 Å². The summed E-state index contributed by atoms with van der Waals surface area (Å²) in [6, 6.07) is 5.98. The van der Waals surface area contributed by atoms with Crippen LogP contribution in [0.4, 0.5) is 10.7 Å². The Kier molecular flexibility index (Phi) is 4.86. The number of fused-ring (bicyclic) bond motifs is 1. The molecular weight excluding hydrogens is 346 g/mol. The van der Waals surface area contributed by atoms with Crippen LogP contribution in [-0.4, -0.2) is 54.3 Å². The van der Waals surface area contributed by atoms with Gasteiger partial charge < -0.3 is 19.4 Å². The number of ether oxygens (including phenoxy) is 2. The van der Waals surface area contributed by atoms with E-state index >= 15 is 0 Å². The van der Waals surface area contributed by atoms with Gasteiger partial charge in [0.1, 0.15) is 11.3 Å². The van der Waals surface area contributed by atoms with E-state index in [4.69, 9.17) is 14.7 Å². The lowest BCUT2D eigenvalue weighted by Gasteiger charge is -2.22. The van der Waals surface area contributed by atoms with Crippen molar-refractivity contribution in [3.8, 4) is 11.8 Å². The van der Waals surface area contributed by atoms with Crippen molar-refractivity contribution < 1.29 is 14.3 Å². The van der Waals surface area contributed by atoms with E-state index in [2.05, 4.69) is 27.4 Å². The summed E-state index contributed by atoms with van der Waals surface area (Å²) in [6.45, 7) is 2.54. The molecule has 2 aromatic rings. The molecule has 1 aromatic heterocycles. The van der Waals surface area contributed by atoms with Crippen LogP contribution in [0.1, 0.15) is 30.7 Å². The molecule has 0 unspecified atom stereocenters. The number of aromatic nitrogens is 2. The largest absolute Gasteiger partial charge is 0.494 e. The van der Waals surface area contributed by atoms with E-state index in [0.29, 0.717) is 37.1 Å². The van der Waals surface area contributed by atoms with Gasteiger partial charge in [-0.15, -0.1) is 0 Å². The summed E-state index contributed by atoms with van der Waals surface area (Å²) in [5.74, 6) is 1.38. The minimum absolute atomic E-state index is 0.0911. The smallest absolute Gasteiger partial charge is 0.324 e. The first-order chi connectivity index (χ1) is 13.2. The van der Waals surface area contributed by atoms with Gasteiger partial charge in [0.15, 0.2) is 0 Å². The van der Waals surface area contributed by atoms with Gasteiger partial charge in [0.2, 0.25) is 5.95 Å².